The molecule has 3 aliphatic heterocycles. The van der Waals surface area contributed by atoms with E-state index in [9.17, 15) is 33.9 Å². The summed E-state index contributed by atoms with van der Waals surface area (Å²) in [5, 5.41) is 23.3. The van der Waals surface area contributed by atoms with E-state index in [0.29, 0.717) is 64.6 Å². The Balaban J connectivity index is 1.69. The maximum absolute atomic E-state index is 13.8. The molecule has 0 spiro atoms. The van der Waals surface area contributed by atoms with Crippen LogP contribution in [-0.2, 0) is 28.8 Å². The number of aliphatic carboxylic acids is 1. The predicted molar refractivity (Wildman–Crippen MR) is 159 cm³/mol. The second-order valence-electron chi connectivity index (χ2n) is 11.8. The van der Waals surface area contributed by atoms with Crippen molar-refractivity contribution in [2.24, 2.45) is 11.7 Å². The number of rotatable bonds is 13. The highest BCUT2D eigenvalue weighted by Gasteiger charge is 2.46. The van der Waals surface area contributed by atoms with E-state index in [1.165, 1.54) is 4.90 Å². The number of carboxylic acids is 1. The fourth-order valence-corrected chi connectivity index (χ4v) is 6.56. The summed E-state index contributed by atoms with van der Waals surface area (Å²) in [5.74, 6) is -3.23. The second-order valence-corrected chi connectivity index (χ2v) is 12.8. The summed E-state index contributed by atoms with van der Waals surface area (Å²) >= 11 is 1.60. The zero-order valence-electron chi connectivity index (χ0n) is 25.2. The first-order valence-electron chi connectivity index (χ1n) is 15.0. The molecule has 3 rings (SSSR count). The summed E-state index contributed by atoms with van der Waals surface area (Å²) in [5.41, 5.74) is 6.13. The fraction of sp³-hybridized carbons (Fsp3) is 0.786. The van der Waals surface area contributed by atoms with Crippen molar-refractivity contribution in [2.75, 3.05) is 38.2 Å². The molecule has 3 saturated heterocycles. The predicted octanol–water partition coefficient (Wildman–Crippen LogP) is -1.26. The Morgan fingerprint density at radius 3 is 1.88 bits per heavy atom. The number of likely N-dealkylation sites (tertiary alicyclic amines) is 3. The molecular formula is C28H46N6O8S. The number of aliphatic hydroxyl groups excluding tert-OH is 1. The lowest BCUT2D eigenvalue weighted by atomic mass is 10.0. The molecule has 15 heteroatoms. The van der Waals surface area contributed by atoms with Crippen molar-refractivity contribution in [1.82, 2.24) is 25.3 Å². The summed E-state index contributed by atoms with van der Waals surface area (Å²) in [4.78, 5) is 82.6. The Bertz CT molecular complexity index is 1060. The van der Waals surface area contributed by atoms with Gasteiger partial charge in [0.05, 0.1) is 12.6 Å². The minimum absolute atomic E-state index is 0.249. The van der Waals surface area contributed by atoms with Crippen LogP contribution in [0.2, 0.25) is 0 Å². The standard InChI is InChI=1S/C28H46N6O8S/c1-16(2)22(24(37)30-18(15-35)28(41)42)31-23(36)19-7-4-11-32(19)26(39)21-9-6-13-34(21)27(40)20-8-5-12-33(20)25(38)17(29)10-14-43-3/h16-22,35H,4-15,29H2,1-3H3,(H,30,37)(H,31,36)(H,41,42)/t17-,18-,19-,20-,21-,22-/m0/s1. The molecule has 6 atom stereocenters. The minimum Gasteiger partial charge on any atom is -0.480 e. The van der Waals surface area contributed by atoms with Crippen LogP contribution >= 0.6 is 11.8 Å². The number of hydrogen-bond donors (Lipinski definition) is 5. The molecule has 3 aliphatic rings. The number of nitrogens with zero attached hydrogens (tertiary/aromatic N) is 3. The van der Waals surface area contributed by atoms with E-state index in [1.807, 2.05) is 6.26 Å². The molecule has 0 aromatic carbocycles. The van der Waals surface area contributed by atoms with Gasteiger partial charge < -0.3 is 41.3 Å². The van der Waals surface area contributed by atoms with Gasteiger partial charge in [0.2, 0.25) is 29.5 Å². The van der Waals surface area contributed by atoms with Gasteiger partial charge in [-0.1, -0.05) is 13.8 Å². The number of carboxylic acid groups (broad SMARTS) is 1. The number of amides is 5. The Hall–Kier alpha value is -2.91. The SMILES string of the molecule is CSCC[C@H](N)C(=O)N1CCC[C@H]1C(=O)N1CCC[C@H]1C(=O)N1CCC[C@H]1C(=O)N[C@H](C(=O)N[C@@H](CO)C(=O)O)C(C)C. The molecule has 3 fully saturated rings. The number of aliphatic hydroxyl groups is 1. The number of nitrogens with two attached hydrogens (primary N) is 1. The van der Waals surface area contributed by atoms with Crippen molar-refractivity contribution < 1.29 is 39.0 Å². The van der Waals surface area contributed by atoms with E-state index in [-0.39, 0.29) is 17.7 Å². The van der Waals surface area contributed by atoms with Gasteiger partial charge in [-0.25, -0.2) is 4.79 Å². The maximum Gasteiger partial charge on any atom is 0.328 e. The molecule has 5 amide bonds. The first kappa shape index (κ1) is 34.6. The van der Waals surface area contributed by atoms with E-state index < -0.39 is 66.6 Å². The molecule has 6 N–H and O–H groups in total. The van der Waals surface area contributed by atoms with Crippen molar-refractivity contribution in [1.29, 1.82) is 0 Å². The van der Waals surface area contributed by atoms with Crippen LogP contribution in [0.15, 0.2) is 0 Å². The zero-order valence-corrected chi connectivity index (χ0v) is 26.0. The van der Waals surface area contributed by atoms with E-state index >= 15 is 0 Å². The zero-order chi connectivity index (χ0) is 31.8. The number of carbonyl (C=O) groups excluding carboxylic acids is 5. The molecule has 0 unspecified atom stereocenters. The van der Waals surface area contributed by atoms with Gasteiger partial charge in [-0.05, 0) is 62.9 Å². The fourth-order valence-electron chi connectivity index (χ4n) is 6.07. The molecular weight excluding hydrogens is 580 g/mol. The Kier molecular flexibility index (Phi) is 12.6. The van der Waals surface area contributed by atoms with Crippen molar-refractivity contribution >= 4 is 47.3 Å². The summed E-state index contributed by atoms with van der Waals surface area (Å²) in [6, 6.07) is -5.57. The molecule has 0 aliphatic carbocycles. The first-order valence-corrected chi connectivity index (χ1v) is 16.4. The molecule has 14 nitrogen and oxygen atoms in total. The first-order chi connectivity index (χ1) is 20.4. The van der Waals surface area contributed by atoms with E-state index in [0.717, 1.165) is 5.75 Å². The molecule has 0 bridgehead atoms. The maximum atomic E-state index is 13.8. The van der Waals surface area contributed by atoms with Crippen LogP contribution in [0.5, 0.6) is 0 Å². The highest BCUT2D eigenvalue weighted by Crippen LogP contribution is 2.29. The Labute approximate surface area is 256 Å². The number of hydrogen-bond acceptors (Lipinski definition) is 9. The lowest BCUT2D eigenvalue weighted by Crippen LogP contribution is -2.59. The highest BCUT2D eigenvalue weighted by atomic mass is 32.2. The van der Waals surface area contributed by atoms with Gasteiger partial charge in [0.1, 0.15) is 30.2 Å². The van der Waals surface area contributed by atoms with E-state index in [1.54, 1.807) is 35.4 Å². The molecule has 0 radical (unpaired) electrons. The van der Waals surface area contributed by atoms with E-state index in [2.05, 4.69) is 10.6 Å². The van der Waals surface area contributed by atoms with Crippen molar-refractivity contribution in [3.8, 4) is 0 Å². The van der Waals surface area contributed by atoms with Gasteiger partial charge in [0.25, 0.3) is 0 Å². The van der Waals surface area contributed by atoms with Crippen LogP contribution in [0, 0.1) is 5.92 Å². The number of thioether (sulfide) groups is 1. The molecule has 242 valence electrons. The van der Waals surface area contributed by atoms with Crippen LogP contribution < -0.4 is 16.4 Å². The van der Waals surface area contributed by atoms with Gasteiger partial charge in [-0.15, -0.1) is 0 Å². The third kappa shape index (κ3) is 8.18. The van der Waals surface area contributed by atoms with Gasteiger partial charge in [-0.2, -0.15) is 11.8 Å². The summed E-state index contributed by atoms with van der Waals surface area (Å²) in [6.45, 7) is 3.70. The smallest absolute Gasteiger partial charge is 0.328 e. The van der Waals surface area contributed by atoms with Crippen LogP contribution in [0.1, 0.15) is 58.8 Å². The average molecular weight is 627 g/mol. The topological polar surface area (TPSA) is 203 Å². The van der Waals surface area contributed by atoms with Gasteiger partial charge in [0, 0.05) is 19.6 Å². The van der Waals surface area contributed by atoms with Crippen LogP contribution in [0.3, 0.4) is 0 Å². The van der Waals surface area contributed by atoms with Crippen molar-refractivity contribution in [3.05, 3.63) is 0 Å². The second kappa shape index (κ2) is 15.7. The van der Waals surface area contributed by atoms with Crippen LogP contribution in [0.4, 0.5) is 0 Å². The van der Waals surface area contributed by atoms with E-state index in [4.69, 9.17) is 10.8 Å². The normalized spacial score (nSPS) is 24.1. The van der Waals surface area contributed by atoms with Gasteiger partial charge >= 0.3 is 5.97 Å². The third-order valence-electron chi connectivity index (χ3n) is 8.47. The quantitative estimate of drug-likeness (QED) is 0.164. The van der Waals surface area contributed by atoms with Crippen molar-refractivity contribution in [3.63, 3.8) is 0 Å². The number of nitrogens with one attached hydrogen (secondary N) is 2. The molecule has 43 heavy (non-hydrogen) atoms. The lowest BCUT2D eigenvalue weighted by Gasteiger charge is -2.35. The molecule has 0 aromatic rings. The Morgan fingerprint density at radius 1 is 0.860 bits per heavy atom. The average Bonchev–Trinajstić information content (AvgIpc) is 3.76. The molecule has 0 saturated carbocycles. The summed E-state index contributed by atoms with van der Waals surface area (Å²) in [6.07, 6.45) is 5.63. The minimum atomic E-state index is -1.52. The lowest BCUT2D eigenvalue weighted by molar-refractivity contribution is -0.151. The molecule has 3 heterocycles. The van der Waals surface area contributed by atoms with Crippen molar-refractivity contribution in [2.45, 2.75) is 95.0 Å². The third-order valence-corrected chi connectivity index (χ3v) is 9.12. The monoisotopic (exact) mass is 626 g/mol. The summed E-state index contributed by atoms with van der Waals surface area (Å²) < 4.78 is 0. The summed E-state index contributed by atoms with van der Waals surface area (Å²) in [7, 11) is 0. The Morgan fingerprint density at radius 2 is 1.37 bits per heavy atom. The highest BCUT2D eigenvalue weighted by molar-refractivity contribution is 7.98. The van der Waals surface area contributed by atoms with Crippen LogP contribution in [-0.4, -0.2) is 135 Å². The van der Waals surface area contributed by atoms with Gasteiger partial charge in [0.15, 0.2) is 0 Å². The molecule has 0 aromatic heterocycles. The van der Waals surface area contributed by atoms with Gasteiger partial charge in [-0.3, -0.25) is 24.0 Å². The van der Waals surface area contributed by atoms with Crippen LogP contribution in [0.25, 0.3) is 0 Å². The largest absolute Gasteiger partial charge is 0.480 e. The number of carbonyl (C=O) groups is 6.